The predicted octanol–water partition coefficient (Wildman–Crippen LogP) is 0.118. The molecule has 0 saturated heterocycles. The van der Waals surface area contributed by atoms with Crippen molar-refractivity contribution < 1.29 is 24.6 Å². The first-order valence-corrected chi connectivity index (χ1v) is 5.38. The average Bonchev–Trinajstić information content (AvgIpc) is 2.60. The summed E-state index contributed by atoms with van der Waals surface area (Å²) in [5.41, 5.74) is 0.625. The minimum Gasteiger partial charge on any atom is -0.479 e. The number of aliphatic hydroxyl groups excluding tert-OH is 1. The number of nitrogens with zero attached hydrogens (tertiary/aromatic N) is 1. The van der Waals surface area contributed by atoms with E-state index < -0.39 is 23.9 Å². The Hall–Kier alpha value is -2.21. The van der Waals surface area contributed by atoms with E-state index in [-0.39, 0.29) is 13.0 Å². The monoisotopic (exact) mass is 249 g/mol. The minimum absolute atomic E-state index is 0.111. The first-order chi connectivity index (χ1) is 8.52. The lowest BCUT2D eigenvalue weighted by atomic mass is 10.1. The Kier molecular flexibility index (Phi) is 3.12. The zero-order chi connectivity index (χ0) is 13.3. The Balaban J connectivity index is 2.12. The molecule has 0 spiro atoms. The molecule has 1 heterocycles. The maximum atomic E-state index is 11.9. The molecular weight excluding hydrogens is 238 g/mol. The van der Waals surface area contributed by atoms with Crippen molar-refractivity contribution in [3.63, 3.8) is 0 Å². The van der Waals surface area contributed by atoms with Gasteiger partial charge < -0.3 is 10.2 Å². The summed E-state index contributed by atoms with van der Waals surface area (Å²) < 4.78 is 0. The van der Waals surface area contributed by atoms with Crippen molar-refractivity contribution in [1.82, 2.24) is 4.90 Å². The summed E-state index contributed by atoms with van der Waals surface area (Å²) in [6, 6.07) is 6.39. The maximum absolute atomic E-state index is 11.9. The average molecular weight is 249 g/mol. The van der Waals surface area contributed by atoms with Crippen LogP contribution in [0.5, 0.6) is 0 Å². The summed E-state index contributed by atoms with van der Waals surface area (Å²) >= 11 is 0. The second-order valence-corrected chi connectivity index (χ2v) is 3.95. The summed E-state index contributed by atoms with van der Waals surface area (Å²) in [6.45, 7) is -0.111. The third-order valence-corrected chi connectivity index (χ3v) is 2.79. The van der Waals surface area contributed by atoms with Crippen molar-refractivity contribution in [2.75, 3.05) is 6.54 Å². The lowest BCUT2D eigenvalue weighted by molar-refractivity contribution is -0.147. The molecule has 1 aromatic carbocycles. The Morgan fingerprint density at radius 3 is 2.11 bits per heavy atom. The number of aliphatic carboxylic acids is 1. The molecule has 0 fully saturated rings. The number of carbonyl (C=O) groups excluding carboxylic acids is 2. The van der Waals surface area contributed by atoms with Gasteiger partial charge in [-0.25, -0.2) is 4.79 Å². The van der Waals surface area contributed by atoms with Gasteiger partial charge in [-0.05, 0) is 12.1 Å². The minimum atomic E-state index is -1.57. The molecule has 18 heavy (non-hydrogen) atoms. The van der Waals surface area contributed by atoms with Crippen LogP contribution in [0.1, 0.15) is 27.1 Å². The van der Waals surface area contributed by atoms with E-state index in [1.807, 2.05) is 0 Å². The third kappa shape index (κ3) is 1.98. The molecule has 0 unspecified atom stereocenters. The molecule has 1 aliphatic rings. The van der Waals surface area contributed by atoms with Crippen LogP contribution in [-0.2, 0) is 4.79 Å². The molecule has 0 radical (unpaired) electrons. The van der Waals surface area contributed by atoms with Gasteiger partial charge in [0.1, 0.15) is 0 Å². The summed E-state index contributed by atoms with van der Waals surface area (Å²) in [7, 11) is 0. The van der Waals surface area contributed by atoms with Crippen molar-refractivity contribution in [2.45, 2.75) is 12.5 Å². The SMILES string of the molecule is O=C(O)[C@@H](O)CCN1C(=O)c2ccccc2C1=O. The number of carboxylic acid groups (broad SMARTS) is 1. The zero-order valence-corrected chi connectivity index (χ0v) is 9.37. The van der Waals surface area contributed by atoms with Crippen LogP contribution in [0.2, 0.25) is 0 Å². The molecule has 0 bridgehead atoms. The Morgan fingerprint density at radius 2 is 1.67 bits per heavy atom. The Bertz CT molecular complexity index is 490. The first-order valence-electron chi connectivity index (χ1n) is 5.38. The maximum Gasteiger partial charge on any atom is 0.332 e. The van der Waals surface area contributed by atoms with Gasteiger partial charge in [-0.1, -0.05) is 12.1 Å². The molecule has 2 rings (SSSR count). The van der Waals surface area contributed by atoms with E-state index in [1.54, 1.807) is 24.3 Å². The second-order valence-electron chi connectivity index (χ2n) is 3.95. The fraction of sp³-hybridized carbons (Fsp3) is 0.250. The molecule has 2 amide bonds. The van der Waals surface area contributed by atoms with E-state index in [2.05, 4.69) is 0 Å². The van der Waals surface area contributed by atoms with Crippen LogP contribution in [0, 0.1) is 0 Å². The fourth-order valence-corrected chi connectivity index (χ4v) is 1.82. The highest BCUT2D eigenvalue weighted by atomic mass is 16.4. The van der Waals surface area contributed by atoms with Gasteiger partial charge in [0.2, 0.25) is 0 Å². The smallest absolute Gasteiger partial charge is 0.332 e. The number of amides is 2. The van der Waals surface area contributed by atoms with Gasteiger partial charge >= 0.3 is 5.97 Å². The standard InChI is InChI=1S/C12H11NO5/c14-9(12(17)18)5-6-13-10(15)7-3-1-2-4-8(7)11(13)16/h1-4,9,14H,5-6H2,(H,17,18)/t9-/m0/s1. The van der Waals surface area contributed by atoms with Crippen LogP contribution in [0.25, 0.3) is 0 Å². The molecule has 0 saturated carbocycles. The first kappa shape index (κ1) is 12.3. The predicted molar refractivity (Wildman–Crippen MR) is 60.1 cm³/mol. The van der Waals surface area contributed by atoms with Crippen molar-refractivity contribution >= 4 is 17.8 Å². The summed E-state index contributed by atoms with van der Waals surface area (Å²) in [5, 5.41) is 17.7. The van der Waals surface area contributed by atoms with E-state index in [0.29, 0.717) is 11.1 Å². The molecule has 0 aromatic heterocycles. The number of benzene rings is 1. The van der Waals surface area contributed by atoms with E-state index >= 15 is 0 Å². The van der Waals surface area contributed by atoms with Crippen LogP contribution >= 0.6 is 0 Å². The fourth-order valence-electron chi connectivity index (χ4n) is 1.82. The summed E-state index contributed by atoms with van der Waals surface area (Å²) in [6.07, 6.45) is -1.75. The number of rotatable bonds is 4. The van der Waals surface area contributed by atoms with Crippen molar-refractivity contribution in [1.29, 1.82) is 0 Å². The van der Waals surface area contributed by atoms with Crippen LogP contribution in [0.15, 0.2) is 24.3 Å². The summed E-state index contributed by atoms with van der Waals surface area (Å²) in [5.74, 6) is -2.27. The van der Waals surface area contributed by atoms with Gasteiger partial charge in [-0.2, -0.15) is 0 Å². The van der Waals surface area contributed by atoms with Gasteiger partial charge in [0.05, 0.1) is 11.1 Å². The van der Waals surface area contributed by atoms with E-state index in [0.717, 1.165) is 4.90 Å². The highest BCUT2D eigenvalue weighted by Gasteiger charge is 2.35. The highest BCUT2D eigenvalue weighted by Crippen LogP contribution is 2.22. The van der Waals surface area contributed by atoms with Crippen LogP contribution < -0.4 is 0 Å². The topological polar surface area (TPSA) is 94.9 Å². The van der Waals surface area contributed by atoms with Crippen molar-refractivity contribution in [3.8, 4) is 0 Å². The zero-order valence-electron chi connectivity index (χ0n) is 9.37. The second kappa shape index (κ2) is 4.58. The molecular formula is C12H11NO5. The molecule has 6 nitrogen and oxygen atoms in total. The Labute approximate surface area is 102 Å². The molecule has 0 aliphatic carbocycles. The molecule has 6 heteroatoms. The largest absolute Gasteiger partial charge is 0.479 e. The van der Waals surface area contributed by atoms with Crippen LogP contribution in [0.4, 0.5) is 0 Å². The number of fused-ring (bicyclic) bond motifs is 1. The highest BCUT2D eigenvalue weighted by molar-refractivity contribution is 6.21. The normalized spacial score (nSPS) is 15.7. The van der Waals surface area contributed by atoms with E-state index in [4.69, 9.17) is 10.2 Å². The van der Waals surface area contributed by atoms with Crippen molar-refractivity contribution in [2.24, 2.45) is 0 Å². The van der Waals surface area contributed by atoms with Gasteiger partial charge in [-0.3, -0.25) is 14.5 Å². The quantitative estimate of drug-likeness (QED) is 0.739. The lowest BCUT2D eigenvalue weighted by Crippen LogP contribution is -2.34. The van der Waals surface area contributed by atoms with Crippen LogP contribution in [-0.4, -0.2) is 45.5 Å². The van der Waals surface area contributed by atoms with Crippen LogP contribution in [0.3, 0.4) is 0 Å². The third-order valence-electron chi connectivity index (χ3n) is 2.79. The number of carbonyl (C=O) groups is 3. The molecule has 1 aromatic rings. The number of hydrogen-bond acceptors (Lipinski definition) is 4. The lowest BCUT2D eigenvalue weighted by Gasteiger charge is -2.14. The molecule has 94 valence electrons. The Morgan fingerprint density at radius 1 is 1.17 bits per heavy atom. The molecule has 1 aliphatic heterocycles. The van der Waals surface area contributed by atoms with Gasteiger partial charge in [0.25, 0.3) is 11.8 Å². The number of imide groups is 1. The van der Waals surface area contributed by atoms with Crippen molar-refractivity contribution in [3.05, 3.63) is 35.4 Å². The van der Waals surface area contributed by atoms with Gasteiger partial charge in [-0.15, -0.1) is 0 Å². The van der Waals surface area contributed by atoms with Gasteiger partial charge in [0, 0.05) is 13.0 Å². The summed E-state index contributed by atoms with van der Waals surface area (Å²) in [4.78, 5) is 35.1. The van der Waals surface area contributed by atoms with E-state index in [9.17, 15) is 14.4 Å². The number of hydrogen-bond donors (Lipinski definition) is 2. The van der Waals surface area contributed by atoms with E-state index in [1.165, 1.54) is 0 Å². The number of aliphatic hydroxyl groups is 1. The molecule has 2 N–H and O–H groups in total. The molecule has 1 atom stereocenters. The van der Waals surface area contributed by atoms with Gasteiger partial charge in [0.15, 0.2) is 6.10 Å². The number of carboxylic acids is 1.